The molecule has 0 spiro atoms. The summed E-state index contributed by atoms with van der Waals surface area (Å²) in [6.45, 7) is 9.70. The van der Waals surface area contributed by atoms with Crippen LogP contribution < -0.4 is 10.4 Å². The molecule has 4 heteroatoms. The van der Waals surface area contributed by atoms with Gasteiger partial charge in [-0.1, -0.05) is 27.7 Å². The van der Waals surface area contributed by atoms with Crippen molar-refractivity contribution in [3.63, 3.8) is 0 Å². The van der Waals surface area contributed by atoms with Crippen molar-refractivity contribution in [1.82, 2.24) is 0 Å². The Hall–Kier alpha value is -2.10. The van der Waals surface area contributed by atoms with Crippen molar-refractivity contribution in [2.24, 2.45) is 28.6 Å². The zero-order valence-corrected chi connectivity index (χ0v) is 17.3. The van der Waals surface area contributed by atoms with Crippen molar-refractivity contribution < 1.29 is 13.9 Å². The van der Waals surface area contributed by atoms with Gasteiger partial charge in [0.2, 0.25) is 0 Å². The first-order valence-corrected chi connectivity index (χ1v) is 10.4. The van der Waals surface area contributed by atoms with Gasteiger partial charge in [0.15, 0.2) is 0 Å². The lowest BCUT2D eigenvalue weighted by atomic mass is 9.45. The fraction of sp³-hybridized carbons (Fsp3) is 0.583. The standard InChI is InChI=1S/C24H30O4/c1-15-11-12-23(3)16(2)19(25)8-9-21(23)24(15,4)14-27-18-7-5-17-6-10-22(26)28-20(17)13-18/h5-7,10,13,15-16,21H,8-9,11-12,14H2,1-4H3/t15-,16+,21-,23-,24-/m1/s1. The molecule has 2 aliphatic carbocycles. The summed E-state index contributed by atoms with van der Waals surface area (Å²) in [6, 6.07) is 8.86. The van der Waals surface area contributed by atoms with Crippen LogP contribution in [0.3, 0.4) is 0 Å². The summed E-state index contributed by atoms with van der Waals surface area (Å²) < 4.78 is 11.6. The highest BCUT2D eigenvalue weighted by molar-refractivity contribution is 5.82. The van der Waals surface area contributed by atoms with Gasteiger partial charge in [-0.25, -0.2) is 4.79 Å². The SMILES string of the molecule is C[C@@H]1CC[C@@]2(C)[C@@H](CCC(=O)[C@@H]2C)[C@]1(C)COc1ccc2ccc(=O)oc2c1. The van der Waals surface area contributed by atoms with Crippen molar-refractivity contribution in [3.05, 3.63) is 40.8 Å². The van der Waals surface area contributed by atoms with Gasteiger partial charge in [0.1, 0.15) is 17.1 Å². The first kappa shape index (κ1) is 19.2. The van der Waals surface area contributed by atoms with E-state index in [1.807, 2.05) is 12.1 Å². The quantitative estimate of drug-likeness (QED) is 0.682. The molecular formula is C24H30O4. The molecular weight excluding hydrogens is 352 g/mol. The highest BCUT2D eigenvalue weighted by Crippen LogP contribution is 2.61. The Kier molecular flexibility index (Phi) is 4.64. The maximum atomic E-state index is 12.4. The minimum absolute atomic E-state index is 0.00838. The van der Waals surface area contributed by atoms with E-state index in [0.717, 1.165) is 30.4 Å². The van der Waals surface area contributed by atoms with Crippen LogP contribution >= 0.6 is 0 Å². The second-order valence-corrected chi connectivity index (χ2v) is 9.47. The van der Waals surface area contributed by atoms with Crippen molar-refractivity contribution in [3.8, 4) is 5.75 Å². The van der Waals surface area contributed by atoms with E-state index in [1.54, 1.807) is 12.1 Å². The normalized spacial score (nSPS) is 35.6. The molecule has 28 heavy (non-hydrogen) atoms. The fourth-order valence-corrected chi connectivity index (χ4v) is 5.79. The lowest BCUT2D eigenvalue weighted by Gasteiger charge is -2.59. The summed E-state index contributed by atoms with van der Waals surface area (Å²) >= 11 is 0. The molecule has 1 aromatic carbocycles. The number of carbonyl (C=O) groups excluding carboxylic acids is 1. The minimum atomic E-state index is -0.353. The Morgan fingerprint density at radius 3 is 2.64 bits per heavy atom. The Balaban J connectivity index is 1.60. The van der Waals surface area contributed by atoms with Crippen LogP contribution in [0, 0.1) is 28.6 Å². The highest BCUT2D eigenvalue weighted by Gasteiger charge is 2.57. The van der Waals surface area contributed by atoms with Gasteiger partial charge in [-0.05, 0) is 54.7 Å². The Bertz CT molecular complexity index is 960. The molecule has 0 N–H and O–H groups in total. The summed E-state index contributed by atoms with van der Waals surface area (Å²) in [6.07, 6.45) is 3.88. The molecule has 5 atom stereocenters. The van der Waals surface area contributed by atoms with E-state index in [0.29, 0.717) is 36.2 Å². The van der Waals surface area contributed by atoms with Gasteiger partial charge in [0.25, 0.3) is 0 Å². The summed E-state index contributed by atoms with van der Waals surface area (Å²) in [5.41, 5.74) is 0.257. The largest absolute Gasteiger partial charge is 0.493 e. The molecule has 2 fully saturated rings. The van der Waals surface area contributed by atoms with Crippen molar-refractivity contribution >= 4 is 16.8 Å². The molecule has 4 rings (SSSR count). The number of fused-ring (bicyclic) bond motifs is 2. The van der Waals surface area contributed by atoms with Gasteiger partial charge < -0.3 is 9.15 Å². The van der Waals surface area contributed by atoms with Crippen molar-refractivity contribution in [2.75, 3.05) is 6.61 Å². The number of benzene rings is 1. The van der Waals surface area contributed by atoms with Gasteiger partial charge in [0.05, 0.1) is 6.61 Å². The molecule has 0 radical (unpaired) electrons. The molecule has 2 aromatic rings. The molecule has 2 aliphatic rings. The van der Waals surface area contributed by atoms with E-state index < -0.39 is 0 Å². The van der Waals surface area contributed by atoms with Gasteiger partial charge in [-0.15, -0.1) is 0 Å². The third kappa shape index (κ3) is 2.98. The molecule has 1 heterocycles. The second kappa shape index (κ2) is 6.75. The number of ketones is 1. The van der Waals surface area contributed by atoms with E-state index in [4.69, 9.17) is 9.15 Å². The first-order chi connectivity index (χ1) is 13.2. The molecule has 0 unspecified atom stereocenters. The second-order valence-electron chi connectivity index (χ2n) is 9.47. The fourth-order valence-electron chi connectivity index (χ4n) is 5.79. The van der Waals surface area contributed by atoms with Crippen LogP contribution in [0.4, 0.5) is 0 Å². The van der Waals surface area contributed by atoms with Crippen LogP contribution in [0.15, 0.2) is 39.5 Å². The van der Waals surface area contributed by atoms with E-state index in [1.165, 1.54) is 6.07 Å². The average Bonchev–Trinajstić information content (AvgIpc) is 2.67. The number of Topliss-reactive ketones (excluding diaryl/α,β-unsaturated/α-hetero) is 1. The third-order valence-corrected chi connectivity index (χ3v) is 8.13. The number of carbonyl (C=O) groups is 1. The van der Waals surface area contributed by atoms with Gasteiger partial charge in [-0.3, -0.25) is 4.79 Å². The topological polar surface area (TPSA) is 56.5 Å². The van der Waals surface area contributed by atoms with E-state index in [-0.39, 0.29) is 22.4 Å². The molecule has 1 aromatic heterocycles. The van der Waals surface area contributed by atoms with E-state index >= 15 is 0 Å². The van der Waals surface area contributed by atoms with Crippen LogP contribution in [0.2, 0.25) is 0 Å². The predicted molar refractivity (Wildman–Crippen MR) is 109 cm³/mol. The van der Waals surface area contributed by atoms with Crippen LogP contribution in [0.5, 0.6) is 5.75 Å². The average molecular weight is 383 g/mol. The lowest BCUT2D eigenvalue weighted by Crippen LogP contribution is -2.56. The van der Waals surface area contributed by atoms with Gasteiger partial charge in [0, 0.05) is 35.3 Å². The summed E-state index contributed by atoms with van der Waals surface area (Å²) in [5, 5.41) is 0.886. The Morgan fingerprint density at radius 1 is 1.11 bits per heavy atom. The van der Waals surface area contributed by atoms with Crippen LogP contribution in [-0.4, -0.2) is 12.4 Å². The maximum Gasteiger partial charge on any atom is 0.336 e. The smallest absolute Gasteiger partial charge is 0.336 e. The molecule has 4 nitrogen and oxygen atoms in total. The maximum absolute atomic E-state index is 12.4. The molecule has 0 amide bonds. The van der Waals surface area contributed by atoms with Crippen LogP contribution in [0.25, 0.3) is 11.0 Å². The van der Waals surface area contributed by atoms with Crippen molar-refractivity contribution in [2.45, 2.75) is 53.4 Å². The monoisotopic (exact) mass is 382 g/mol. The Labute approximate surface area is 166 Å². The minimum Gasteiger partial charge on any atom is -0.493 e. The number of ether oxygens (including phenoxy) is 1. The predicted octanol–water partition coefficient (Wildman–Crippen LogP) is 5.23. The zero-order chi connectivity index (χ0) is 20.1. The first-order valence-electron chi connectivity index (χ1n) is 10.4. The zero-order valence-electron chi connectivity index (χ0n) is 17.3. The molecule has 0 bridgehead atoms. The molecule has 0 saturated heterocycles. The molecule has 150 valence electrons. The Morgan fingerprint density at radius 2 is 1.86 bits per heavy atom. The lowest BCUT2D eigenvalue weighted by molar-refractivity contribution is -0.151. The molecule has 0 aliphatic heterocycles. The highest BCUT2D eigenvalue weighted by atomic mass is 16.5. The van der Waals surface area contributed by atoms with Gasteiger partial charge in [-0.2, -0.15) is 0 Å². The third-order valence-electron chi connectivity index (χ3n) is 8.13. The van der Waals surface area contributed by atoms with Crippen LogP contribution in [-0.2, 0) is 4.79 Å². The van der Waals surface area contributed by atoms with E-state index in [2.05, 4.69) is 27.7 Å². The van der Waals surface area contributed by atoms with E-state index in [9.17, 15) is 9.59 Å². The van der Waals surface area contributed by atoms with Crippen LogP contribution in [0.1, 0.15) is 53.4 Å². The van der Waals surface area contributed by atoms with Gasteiger partial charge >= 0.3 is 5.63 Å². The van der Waals surface area contributed by atoms with Crippen molar-refractivity contribution in [1.29, 1.82) is 0 Å². The summed E-state index contributed by atoms with van der Waals surface area (Å²) in [4.78, 5) is 23.9. The molecule has 2 saturated carbocycles. The summed E-state index contributed by atoms with van der Waals surface area (Å²) in [5.74, 6) is 2.26. The number of rotatable bonds is 3. The number of hydrogen-bond donors (Lipinski definition) is 0. The number of hydrogen-bond acceptors (Lipinski definition) is 4. The summed E-state index contributed by atoms with van der Waals surface area (Å²) in [7, 11) is 0.